The lowest BCUT2D eigenvalue weighted by atomic mass is 9.88. The maximum absolute atomic E-state index is 4.66. The molecule has 0 aliphatic rings. The third kappa shape index (κ3) is 2.56. The van der Waals surface area contributed by atoms with Gasteiger partial charge in [-0.3, -0.25) is 9.97 Å². The highest BCUT2D eigenvalue weighted by Crippen LogP contribution is 2.32. The van der Waals surface area contributed by atoms with Crippen LogP contribution in [0.1, 0.15) is 26.3 Å². The fourth-order valence-electron chi connectivity index (χ4n) is 3.38. The fraction of sp³-hybridized carbons (Fsp3) is 0.238. The van der Waals surface area contributed by atoms with Gasteiger partial charge in [0.2, 0.25) is 0 Å². The number of aromatic nitrogens is 3. The van der Waals surface area contributed by atoms with Gasteiger partial charge < -0.3 is 4.57 Å². The largest absolute Gasteiger partial charge is 0.308 e. The van der Waals surface area contributed by atoms with Crippen LogP contribution in [0.25, 0.3) is 27.6 Å². The maximum atomic E-state index is 4.66. The van der Waals surface area contributed by atoms with E-state index < -0.39 is 0 Å². The van der Waals surface area contributed by atoms with Crippen LogP contribution in [-0.2, 0) is 6.42 Å². The van der Waals surface area contributed by atoms with Crippen molar-refractivity contribution in [3.63, 3.8) is 0 Å². The van der Waals surface area contributed by atoms with Gasteiger partial charge in [0.25, 0.3) is 0 Å². The third-order valence-electron chi connectivity index (χ3n) is 4.24. The first kappa shape index (κ1) is 14.9. The van der Waals surface area contributed by atoms with E-state index in [9.17, 15) is 0 Å². The van der Waals surface area contributed by atoms with Crippen molar-refractivity contribution in [2.45, 2.75) is 27.2 Å². The highest BCUT2D eigenvalue weighted by molar-refractivity contribution is 6.07. The average molecular weight is 315 g/mol. The summed E-state index contributed by atoms with van der Waals surface area (Å²) >= 11 is 0. The van der Waals surface area contributed by atoms with Crippen LogP contribution in [0.15, 0.2) is 61.1 Å². The Balaban J connectivity index is 2.02. The summed E-state index contributed by atoms with van der Waals surface area (Å²) in [6.45, 7) is 6.82. The highest BCUT2D eigenvalue weighted by atomic mass is 15.0. The number of hydrogen-bond acceptors (Lipinski definition) is 2. The molecular formula is C21H21N3. The van der Waals surface area contributed by atoms with E-state index in [4.69, 9.17) is 0 Å². The molecule has 3 aromatic heterocycles. The van der Waals surface area contributed by atoms with Crippen molar-refractivity contribution in [2.75, 3.05) is 0 Å². The first-order valence-corrected chi connectivity index (χ1v) is 8.31. The van der Waals surface area contributed by atoms with Crippen molar-refractivity contribution in [3.8, 4) is 5.69 Å². The van der Waals surface area contributed by atoms with Gasteiger partial charge >= 0.3 is 0 Å². The number of fused-ring (bicyclic) bond motifs is 3. The number of benzene rings is 1. The van der Waals surface area contributed by atoms with E-state index in [-0.39, 0.29) is 5.41 Å². The zero-order chi connectivity index (χ0) is 16.7. The minimum absolute atomic E-state index is 0.268. The molecule has 3 heterocycles. The second-order valence-electron chi connectivity index (χ2n) is 7.50. The molecule has 0 aliphatic heterocycles. The quantitative estimate of drug-likeness (QED) is 0.511. The summed E-state index contributed by atoms with van der Waals surface area (Å²) in [6, 6.07) is 15.0. The zero-order valence-electron chi connectivity index (χ0n) is 14.3. The molecular weight excluding hydrogens is 294 g/mol. The lowest BCUT2D eigenvalue weighted by Crippen LogP contribution is -2.08. The molecule has 0 unspecified atom stereocenters. The van der Waals surface area contributed by atoms with Gasteiger partial charge in [-0.15, -0.1) is 0 Å². The average Bonchev–Trinajstić information content (AvgIpc) is 2.88. The molecule has 0 saturated heterocycles. The first-order chi connectivity index (χ1) is 11.5. The summed E-state index contributed by atoms with van der Waals surface area (Å²) < 4.78 is 2.26. The van der Waals surface area contributed by atoms with Crippen LogP contribution < -0.4 is 0 Å². The van der Waals surface area contributed by atoms with Crippen LogP contribution in [0.4, 0.5) is 0 Å². The molecule has 3 nitrogen and oxygen atoms in total. The lowest BCUT2D eigenvalue weighted by molar-refractivity contribution is 0.411. The predicted molar refractivity (Wildman–Crippen MR) is 99.5 cm³/mol. The Hall–Kier alpha value is -2.68. The van der Waals surface area contributed by atoms with Crippen molar-refractivity contribution in [3.05, 3.63) is 66.6 Å². The Morgan fingerprint density at radius 1 is 0.917 bits per heavy atom. The van der Waals surface area contributed by atoms with Gasteiger partial charge in [-0.05, 0) is 53.8 Å². The Bertz CT molecular complexity index is 1010. The van der Waals surface area contributed by atoms with Crippen molar-refractivity contribution in [2.24, 2.45) is 5.41 Å². The Labute approximate surface area is 142 Å². The van der Waals surface area contributed by atoms with Crippen molar-refractivity contribution in [1.29, 1.82) is 0 Å². The SMILES string of the molecule is CC(C)(C)Cc1ccc2c(c1)c1ncccc1n2-c1ccncc1. The molecule has 0 amide bonds. The second-order valence-corrected chi connectivity index (χ2v) is 7.50. The molecule has 0 N–H and O–H groups in total. The summed E-state index contributed by atoms with van der Waals surface area (Å²) in [5.74, 6) is 0. The molecule has 120 valence electrons. The molecule has 0 aliphatic carbocycles. The summed E-state index contributed by atoms with van der Waals surface area (Å²) in [5, 5.41) is 1.21. The van der Waals surface area contributed by atoms with E-state index in [2.05, 4.69) is 59.6 Å². The molecule has 0 radical (unpaired) electrons. The summed E-state index contributed by atoms with van der Waals surface area (Å²) in [7, 11) is 0. The molecule has 1 aromatic carbocycles. The van der Waals surface area contributed by atoms with Crippen molar-refractivity contribution >= 4 is 21.9 Å². The second kappa shape index (κ2) is 5.45. The van der Waals surface area contributed by atoms with Gasteiger partial charge in [0.15, 0.2) is 0 Å². The highest BCUT2D eigenvalue weighted by Gasteiger charge is 2.16. The van der Waals surface area contributed by atoms with E-state index in [0.717, 1.165) is 23.1 Å². The summed E-state index contributed by atoms with van der Waals surface area (Å²) in [4.78, 5) is 8.80. The minimum Gasteiger partial charge on any atom is -0.308 e. The molecule has 0 saturated carbocycles. The Kier molecular flexibility index (Phi) is 3.38. The monoisotopic (exact) mass is 315 g/mol. The van der Waals surface area contributed by atoms with Crippen LogP contribution in [-0.4, -0.2) is 14.5 Å². The zero-order valence-corrected chi connectivity index (χ0v) is 14.3. The molecule has 0 bridgehead atoms. The summed E-state index contributed by atoms with van der Waals surface area (Å²) in [6.07, 6.45) is 6.58. The van der Waals surface area contributed by atoms with Gasteiger partial charge in [0.1, 0.15) is 0 Å². The third-order valence-corrected chi connectivity index (χ3v) is 4.24. The van der Waals surface area contributed by atoms with E-state index in [0.29, 0.717) is 0 Å². The van der Waals surface area contributed by atoms with E-state index in [1.54, 1.807) is 0 Å². The Morgan fingerprint density at radius 2 is 1.71 bits per heavy atom. The van der Waals surface area contributed by atoms with Crippen LogP contribution in [0.2, 0.25) is 0 Å². The van der Waals surface area contributed by atoms with Crippen LogP contribution in [0.5, 0.6) is 0 Å². The van der Waals surface area contributed by atoms with Crippen molar-refractivity contribution in [1.82, 2.24) is 14.5 Å². The van der Waals surface area contributed by atoms with Gasteiger partial charge in [0, 0.05) is 29.7 Å². The molecule has 0 atom stereocenters. The number of nitrogens with zero attached hydrogens (tertiary/aromatic N) is 3. The van der Waals surface area contributed by atoms with Crippen LogP contribution in [0, 0.1) is 5.41 Å². The minimum atomic E-state index is 0.268. The topological polar surface area (TPSA) is 30.7 Å². The predicted octanol–water partition coefficient (Wildman–Crippen LogP) is 5.16. The van der Waals surface area contributed by atoms with E-state index in [1.807, 2.05) is 36.8 Å². The van der Waals surface area contributed by atoms with Crippen molar-refractivity contribution < 1.29 is 0 Å². The standard InChI is InChI=1S/C21H21N3/c1-21(2,3)14-15-6-7-18-17(13-15)20-19(5-4-10-23-20)24(18)16-8-11-22-12-9-16/h4-13H,14H2,1-3H3. The molecule has 3 heteroatoms. The Morgan fingerprint density at radius 3 is 2.46 bits per heavy atom. The smallest absolute Gasteiger partial charge is 0.0963 e. The number of rotatable bonds is 2. The number of hydrogen-bond donors (Lipinski definition) is 0. The van der Waals surface area contributed by atoms with E-state index in [1.165, 1.54) is 16.5 Å². The fourth-order valence-corrected chi connectivity index (χ4v) is 3.38. The molecule has 0 spiro atoms. The van der Waals surface area contributed by atoms with Crippen LogP contribution in [0.3, 0.4) is 0 Å². The normalized spacial score (nSPS) is 12.1. The first-order valence-electron chi connectivity index (χ1n) is 8.31. The maximum Gasteiger partial charge on any atom is 0.0963 e. The molecule has 4 aromatic rings. The molecule has 24 heavy (non-hydrogen) atoms. The van der Waals surface area contributed by atoms with Crippen LogP contribution >= 0.6 is 0 Å². The van der Waals surface area contributed by atoms with E-state index >= 15 is 0 Å². The van der Waals surface area contributed by atoms with Gasteiger partial charge in [0.05, 0.1) is 16.6 Å². The molecule has 4 rings (SSSR count). The van der Waals surface area contributed by atoms with Gasteiger partial charge in [-0.25, -0.2) is 0 Å². The lowest BCUT2D eigenvalue weighted by Gasteiger charge is -2.18. The van der Waals surface area contributed by atoms with Gasteiger partial charge in [-0.1, -0.05) is 26.8 Å². The summed E-state index contributed by atoms with van der Waals surface area (Å²) in [5.41, 5.74) is 6.11. The number of pyridine rings is 2. The van der Waals surface area contributed by atoms with Gasteiger partial charge in [-0.2, -0.15) is 0 Å². The molecule has 0 fully saturated rings.